The minimum atomic E-state index is 0.372. The lowest BCUT2D eigenvalue weighted by Crippen LogP contribution is -2.33. The van der Waals surface area contributed by atoms with Gasteiger partial charge >= 0.3 is 0 Å². The summed E-state index contributed by atoms with van der Waals surface area (Å²) in [6.07, 6.45) is 13.8. The predicted octanol–water partition coefficient (Wildman–Crippen LogP) is 5.36. The Morgan fingerprint density at radius 3 is 2.48 bits per heavy atom. The average Bonchev–Trinajstić information content (AvgIpc) is 3.02. The van der Waals surface area contributed by atoms with E-state index < -0.39 is 0 Å². The van der Waals surface area contributed by atoms with Gasteiger partial charge in [0.15, 0.2) is 0 Å². The molecule has 0 amide bonds. The van der Waals surface area contributed by atoms with Crippen LogP contribution in [0.3, 0.4) is 0 Å². The second kappa shape index (κ2) is 9.67. The van der Waals surface area contributed by atoms with Gasteiger partial charge in [0.05, 0.1) is 6.17 Å². The molecule has 0 aromatic heterocycles. The molecule has 0 fully saturated rings. The van der Waals surface area contributed by atoms with E-state index in [1.807, 2.05) is 0 Å². The molecule has 1 aromatic carbocycles. The standard InChI is InChI=1S/C27H40N4/c1-9-11-27(29(6)7)26(19-28(4)5)25-17-22(18-31-15-14-30(8)21(31)3)16-24-20(2)12-10-13-23(24)25/h11,14-17,19,21H,2,9-10,12-13,18H2,1,3-8H3/b26-19-,27-11+. The molecule has 0 radical (unpaired) electrons. The molecule has 4 heteroatoms. The van der Waals surface area contributed by atoms with Crippen molar-refractivity contribution in [1.29, 1.82) is 0 Å². The van der Waals surface area contributed by atoms with Crippen LogP contribution in [0.25, 0.3) is 11.1 Å². The van der Waals surface area contributed by atoms with Crippen molar-refractivity contribution in [1.82, 2.24) is 19.6 Å². The maximum absolute atomic E-state index is 4.44. The Morgan fingerprint density at radius 1 is 1.16 bits per heavy atom. The Kier molecular flexibility index (Phi) is 7.19. The highest BCUT2D eigenvalue weighted by molar-refractivity contribution is 5.84. The molecule has 0 saturated heterocycles. The zero-order valence-corrected chi connectivity index (χ0v) is 20.6. The molecule has 0 spiro atoms. The van der Waals surface area contributed by atoms with Gasteiger partial charge in [-0.15, -0.1) is 0 Å². The lowest BCUT2D eigenvalue weighted by atomic mass is 9.81. The summed E-state index contributed by atoms with van der Waals surface area (Å²) in [7, 11) is 10.7. The van der Waals surface area contributed by atoms with E-state index in [-0.39, 0.29) is 0 Å². The van der Waals surface area contributed by atoms with Crippen molar-refractivity contribution in [3.05, 3.63) is 71.3 Å². The van der Waals surface area contributed by atoms with Crippen molar-refractivity contribution in [2.45, 2.75) is 52.2 Å². The fourth-order valence-electron chi connectivity index (χ4n) is 4.59. The van der Waals surface area contributed by atoms with E-state index in [0.717, 1.165) is 25.8 Å². The molecule has 1 aliphatic heterocycles. The fourth-order valence-corrected chi connectivity index (χ4v) is 4.59. The minimum absolute atomic E-state index is 0.372. The molecule has 1 atom stereocenters. The van der Waals surface area contributed by atoms with Gasteiger partial charge in [0.2, 0.25) is 0 Å². The summed E-state index contributed by atoms with van der Waals surface area (Å²) in [6, 6.07) is 4.82. The fraction of sp³-hybridized carbons (Fsp3) is 0.481. The number of rotatable bonds is 7. The molecule has 0 bridgehead atoms. The van der Waals surface area contributed by atoms with Crippen LogP contribution in [-0.4, -0.2) is 61.0 Å². The third-order valence-electron chi connectivity index (χ3n) is 6.36. The number of nitrogens with zero attached hydrogens (tertiary/aromatic N) is 4. The summed E-state index contributed by atoms with van der Waals surface area (Å²) in [4.78, 5) is 9.07. The van der Waals surface area contributed by atoms with E-state index in [9.17, 15) is 0 Å². The summed E-state index contributed by atoms with van der Waals surface area (Å²) >= 11 is 0. The first-order valence-corrected chi connectivity index (χ1v) is 11.5. The quantitative estimate of drug-likeness (QED) is 0.551. The van der Waals surface area contributed by atoms with Crippen molar-refractivity contribution >= 4 is 11.1 Å². The molecule has 31 heavy (non-hydrogen) atoms. The second-order valence-corrected chi connectivity index (χ2v) is 9.29. The minimum Gasteiger partial charge on any atom is -0.383 e. The zero-order valence-electron chi connectivity index (χ0n) is 20.6. The number of allylic oxidation sites excluding steroid dienone is 3. The number of benzene rings is 1. The number of hydrogen-bond donors (Lipinski definition) is 0. The molecule has 2 aliphatic rings. The van der Waals surface area contributed by atoms with E-state index in [0.29, 0.717) is 6.17 Å². The SMILES string of the molecule is C=C1CCCc2c1cc(CN1C=CN(C)C1C)cc2C(=C/N(C)C)/C(=C\CC)N(C)C. The summed E-state index contributed by atoms with van der Waals surface area (Å²) in [5, 5.41) is 0. The van der Waals surface area contributed by atoms with Crippen molar-refractivity contribution in [3.63, 3.8) is 0 Å². The van der Waals surface area contributed by atoms with Crippen LogP contribution in [0.15, 0.2) is 49.1 Å². The largest absolute Gasteiger partial charge is 0.383 e. The monoisotopic (exact) mass is 420 g/mol. The van der Waals surface area contributed by atoms with Gasteiger partial charge in [-0.2, -0.15) is 0 Å². The Bertz CT molecular complexity index is 904. The maximum atomic E-state index is 4.44. The highest BCUT2D eigenvalue weighted by Crippen LogP contribution is 2.38. The van der Waals surface area contributed by atoms with E-state index in [1.54, 1.807) is 0 Å². The molecule has 1 heterocycles. The van der Waals surface area contributed by atoms with E-state index in [2.05, 4.69) is 112 Å². The third-order valence-corrected chi connectivity index (χ3v) is 6.36. The molecule has 1 unspecified atom stereocenters. The van der Waals surface area contributed by atoms with Gasteiger partial charge in [-0.1, -0.05) is 19.6 Å². The molecule has 1 aliphatic carbocycles. The summed E-state index contributed by atoms with van der Waals surface area (Å²) in [6.45, 7) is 9.81. The van der Waals surface area contributed by atoms with Gasteiger partial charge in [-0.25, -0.2) is 0 Å². The van der Waals surface area contributed by atoms with Gasteiger partial charge < -0.3 is 19.6 Å². The van der Waals surface area contributed by atoms with Crippen LogP contribution < -0.4 is 0 Å². The summed E-state index contributed by atoms with van der Waals surface area (Å²) in [5.41, 5.74) is 9.39. The van der Waals surface area contributed by atoms with Crippen LogP contribution >= 0.6 is 0 Å². The highest BCUT2D eigenvalue weighted by atomic mass is 15.4. The van der Waals surface area contributed by atoms with Crippen LogP contribution in [0.4, 0.5) is 0 Å². The third kappa shape index (κ3) is 5.00. The number of fused-ring (bicyclic) bond motifs is 1. The van der Waals surface area contributed by atoms with E-state index in [1.165, 1.54) is 45.5 Å². The molecular formula is C27H40N4. The van der Waals surface area contributed by atoms with Crippen molar-refractivity contribution in [2.75, 3.05) is 35.2 Å². The molecular weight excluding hydrogens is 380 g/mol. The molecule has 0 saturated carbocycles. The Labute approximate surface area is 189 Å². The smallest absolute Gasteiger partial charge is 0.0978 e. The highest BCUT2D eigenvalue weighted by Gasteiger charge is 2.24. The lowest BCUT2D eigenvalue weighted by Gasteiger charge is -2.30. The van der Waals surface area contributed by atoms with Gasteiger partial charge in [0, 0.05) is 71.7 Å². The molecule has 168 valence electrons. The van der Waals surface area contributed by atoms with E-state index in [4.69, 9.17) is 0 Å². The Morgan fingerprint density at radius 2 is 1.90 bits per heavy atom. The average molecular weight is 421 g/mol. The van der Waals surface area contributed by atoms with Crippen molar-refractivity contribution < 1.29 is 0 Å². The summed E-state index contributed by atoms with van der Waals surface area (Å²) < 4.78 is 0. The van der Waals surface area contributed by atoms with Gasteiger partial charge in [0.25, 0.3) is 0 Å². The number of hydrogen-bond acceptors (Lipinski definition) is 4. The first kappa shape index (κ1) is 23.1. The lowest BCUT2D eigenvalue weighted by molar-refractivity contribution is 0.189. The predicted molar refractivity (Wildman–Crippen MR) is 134 cm³/mol. The van der Waals surface area contributed by atoms with Crippen molar-refractivity contribution in [3.8, 4) is 0 Å². The normalized spacial score (nSPS) is 19.2. The van der Waals surface area contributed by atoms with Crippen LogP contribution in [0, 0.1) is 0 Å². The molecule has 3 rings (SSSR count). The summed E-state index contributed by atoms with van der Waals surface area (Å²) in [5.74, 6) is 0. The van der Waals surface area contributed by atoms with Crippen LogP contribution in [-0.2, 0) is 13.0 Å². The number of likely N-dealkylation sites (N-methyl/N-ethyl adjacent to an activating group) is 1. The van der Waals surface area contributed by atoms with E-state index >= 15 is 0 Å². The zero-order chi connectivity index (χ0) is 22.7. The van der Waals surface area contributed by atoms with Crippen LogP contribution in [0.1, 0.15) is 55.4 Å². The first-order chi connectivity index (χ1) is 14.7. The van der Waals surface area contributed by atoms with Gasteiger partial charge in [0.1, 0.15) is 0 Å². The molecule has 1 aromatic rings. The van der Waals surface area contributed by atoms with Gasteiger partial charge in [-0.05, 0) is 72.6 Å². The molecule has 0 N–H and O–H groups in total. The van der Waals surface area contributed by atoms with Crippen molar-refractivity contribution in [2.24, 2.45) is 0 Å². The maximum Gasteiger partial charge on any atom is 0.0978 e. The van der Waals surface area contributed by atoms with Crippen LogP contribution in [0.2, 0.25) is 0 Å². The second-order valence-electron chi connectivity index (χ2n) is 9.29. The topological polar surface area (TPSA) is 13.0 Å². The van der Waals surface area contributed by atoms with Gasteiger partial charge in [-0.3, -0.25) is 0 Å². The van der Waals surface area contributed by atoms with Crippen LogP contribution in [0.5, 0.6) is 0 Å². The first-order valence-electron chi connectivity index (χ1n) is 11.5. The Balaban J connectivity index is 2.16. The molecule has 4 nitrogen and oxygen atoms in total. The Hall–Kier alpha value is -2.62.